The third kappa shape index (κ3) is 3.67. The zero-order valence-electron chi connectivity index (χ0n) is 9.95. The largest absolute Gasteiger partial charge is 0.336 e. The molecular formula is C12H15BrClFN2O. The van der Waals surface area contributed by atoms with Crippen LogP contribution in [0.1, 0.15) is 17.3 Å². The molecule has 6 heteroatoms. The Morgan fingerprint density at radius 3 is 2.83 bits per heavy atom. The highest BCUT2D eigenvalue weighted by Gasteiger charge is 2.22. The Labute approximate surface area is 120 Å². The highest BCUT2D eigenvalue weighted by Crippen LogP contribution is 2.17. The number of amides is 1. The minimum atomic E-state index is -0.397. The van der Waals surface area contributed by atoms with Crippen LogP contribution in [0.5, 0.6) is 0 Å². The lowest BCUT2D eigenvalue weighted by molar-refractivity contribution is 0.0708. The van der Waals surface area contributed by atoms with Crippen molar-refractivity contribution in [3.05, 3.63) is 34.1 Å². The minimum absolute atomic E-state index is 0. The fourth-order valence-electron chi connectivity index (χ4n) is 1.98. The van der Waals surface area contributed by atoms with E-state index in [4.69, 9.17) is 0 Å². The van der Waals surface area contributed by atoms with Crippen molar-refractivity contribution in [1.82, 2.24) is 10.2 Å². The van der Waals surface area contributed by atoms with Crippen molar-refractivity contribution in [2.24, 2.45) is 0 Å². The molecule has 0 aliphatic carbocycles. The van der Waals surface area contributed by atoms with Gasteiger partial charge in [0.1, 0.15) is 5.82 Å². The molecule has 1 heterocycles. The van der Waals surface area contributed by atoms with Gasteiger partial charge in [0.2, 0.25) is 0 Å². The Bertz CT molecular complexity index is 424. The molecule has 1 amide bonds. The van der Waals surface area contributed by atoms with E-state index >= 15 is 0 Å². The van der Waals surface area contributed by atoms with Crippen LogP contribution in [0.2, 0.25) is 0 Å². The molecule has 2 rings (SSSR count). The SMILES string of the molecule is C[C@H]1CN(C(=O)c2cc(F)cc(Br)c2)CCN1.Cl. The number of hydrogen-bond donors (Lipinski definition) is 1. The van der Waals surface area contributed by atoms with Crippen molar-refractivity contribution in [2.75, 3.05) is 19.6 Å². The molecule has 0 saturated carbocycles. The van der Waals surface area contributed by atoms with Crippen LogP contribution in [-0.4, -0.2) is 36.5 Å². The van der Waals surface area contributed by atoms with Crippen LogP contribution >= 0.6 is 28.3 Å². The number of halogens is 3. The second-order valence-electron chi connectivity index (χ2n) is 4.26. The molecule has 1 aromatic carbocycles. The lowest BCUT2D eigenvalue weighted by Gasteiger charge is -2.32. The van der Waals surface area contributed by atoms with Crippen LogP contribution < -0.4 is 5.32 Å². The molecule has 1 saturated heterocycles. The van der Waals surface area contributed by atoms with Crippen molar-refractivity contribution < 1.29 is 9.18 Å². The molecule has 0 aromatic heterocycles. The molecular weight excluding hydrogens is 322 g/mol. The average Bonchev–Trinajstić information content (AvgIpc) is 2.26. The van der Waals surface area contributed by atoms with Crippen LogP contribution in [0.4, 0.5) is 4.39 Å². The molecule has 1 N–H and O–H groups in total. The molecule has 1 atom stereocenters. The molecule has 0 radical (unpaired) electrons. The van der Waals surface area contributed by atoms with Crippen LogP contribution in [0.3, 0.4) is 0 Å². The number of piperazine rings is 1. The first-order valence-electron chi connectivity index (χ1n) is 5.55. The van der Waals surface area contributed by atoms with E-state index in [1.54, 1.807) is 11.0 Å². The highest BCUT2D eigenvalue weighted by molar-refractivity contribution is 9.10. The monoisotopic (exact) mass is 336 g/mol. The van der Waals surface area contributed by atoms with E-state index in [-0.39, 0.29) is 24.4 Å². The molecule has 3 nitrogen and oxygen atoms in total. The maximum Gasteiger partial charge on any atom is 0.254 e. The fourth-order valence-corrected chi connectivity index (χ4v) is 2.44. The number of nitrogens with zero attached hydrogens (tertiary/aromatic N) is 1. The molecule has 1 aliphatic heterocycles. The van der Waals surface area contributed by atoms with Gasteiger partial charge < -0.3 is 10.2 Å². The highest BCUT2D eigenvalue weighted by atomic mass is 79.9. The van der Waals surface area contributed by atoms with E-state index < -0.39 is 5.82 Å². The number of carbonyl (C=O) groups is 1. The summed E-state index contributed by atoms with van der Waals surface area (Å²) in [6.45, 7) is 4.13. The number of carbonyl (C=O) groups excluding carboxylic acids is 1. The fraction of sp³-hybridized carbons (Fsp3) is 0.417. The summed E-state index contributed by atoms with van der Waals surface area (Å²) in [6.07, 6.45) is 0. The van der Waals surface area contributed by atoms with Crippen LogP contribution in [0.15, 0.2) is 22.7 Å². The smallest absolute Gasteiger partial charge is 0.254 e. The third-order valence-corrected chi connectivity index (χ3v) is 3.22. The van der Waals surface area contributed by atoms with Gasteiger partial charge >= 0.3 is 0 Å². The number of nitrogens with one attached hydrogen (secondary N) is 1. The Morgan fingerprint density at radius 2 is 2.22 bits per heavy atom. The van der Waals surface area contributed by atoms with E-state index in [0.29, 0.717) is 23.1 Å². The summed E-state index contributed by atoms with van der Waals surface area (Å²) in [5, 5.41) is 3.26. The van der Waals surface area contributed by atoms with Crippen molar-refractivity contribution in [3.8, 4) is 0 Å². The lowest BCUT2D eigenvalue weighted by atomic mass is 10.1. The Hall–Kier alpha value is -0.650. The second kappa shape index (κ2) is 6.50. The summed E-state index contributed by atoms with van der Waals surface area (Å²) in [4.78, 5) is 13.9. The first kappa shape index (κ1) is 15.4. The minimum Gasteiger partial charge on any atom is -0.336 e. The molecule has 0 bridgehead atoms. The zero-order valence-corrected chi connectivity index (χ0v) is 12.4. The van der Waals surface area contributed by atoms with Gasteiger partial charge in [-0.1, -0.05) is 15.9 Å². The predicted molar refractivity (Wildman–Crippen MR) is 74.7 cm³/mol. The van der Waals surface area contributed by atoms with Gasteiger partial charge in [-0.2, -0.15) is 0 Å². The van der Waals surface area contributed by atoms with E-state index in [2.05, 4.69) is 21.2 Å². The van der Waals surface area contributed by atoms with Crippen molar-refractivity contribution in [1.29, 1.82) is 0 Å². The topological polar surface area (TPSA) is 32.3 Å². The first-order valence-corrected chi connectivity index (χ1v) is 6.34. The summed E-state index contributed by atoms with van der Waals surface area (Å²) in [5.74, 6) is -0.510. The number of rotatable bonds is 1. The van der Waals surface area contributed by atoms with Gasteiger partial charge in [-0.05, 0) is 25.1 Å². The summed E-state index contributed by atoms with van der Waals surface area (Å²) < 4.78 is 13.8. The second-order valence-corrected chi connectivity index (χ2v) is 5.18. The molecule has 100 valence electrons. The van der Waals surface area contributed by atoms with Crippen molar-refractivity contribution in [2.45, 2.75) is 13.0 Å². The number of hydrogen-bond acceptors (Lipinski definition) is 2. The normalized spacial score (nSPS) is 19.3. The van der Waals surface area contributed by atoms with E-state index in [1.165, 1.54) is 12.1 Å². The molecule has 1 aromatic rings. The van der Waals surface area contributed by atoms with Crippen LogP contribution in [0.25, 0.3) is 0 Å². The molecule has 0 unspecified atom stereocenters. The van der Waals surface area contributed by atoms with Gasteiger partial charge in [0.25, 0.3) is 5.91 Å². The van der Waals surface area contributed by atoms with Crippen LogP contribution in [0, 0.1) is 5.82 Å². The quantitative estimate of drug-likeness (QED) is 0.854. The Kier molecular flexibility index (Phi) is 5.56. The summed E-state index contributed by atoms with van der Waals surface area (Å²) in [5.41, 5.74) is 0.394. The summed E-state index contributed by atoms with van der Waals surface area (Å²) in [7, 11) is 0. The van der Waals surface area contributed by atoms with Gasteiger partial charge in [0, 0.05) is 35.7 Å². The molecule has 18 heavy (non-hydrogen) atoms. The first-order chi connectivity index (χ1) is 8.06. The molecule has 1 fully saturated rings. The Balaban J connectivity index is 0.00000162. The number of benzene rings is 1. The predicted octanol–water partition coefficient (Wildman–Crippen LogP) is 2.44. The third-order valence-electron chi connectivity index (χ3n) is 2.77. The van der Waals surface area contributed by atoms with Gasteiger partial charge in [-0.15, -0.1) is 12.4 Å². The van der Waals surface area contributed by atoms with Crippen molar-refractivity contribution in [3.63, 3.8) is 0 Å². The maximum absolute atomic E-state index is 13.2. The van der Waals surface area contributed by atoms with Gasteiger partial charge in [-0.3, -0.25) is 4.79 Å². The maximum atomic E-state index is 13.2. The van der Waals surface area contributed by atoms with Gasteiger partial charge in [0.05, 0.1) is 0 Å². The van der Waals surface area contributed by atoms with E-state index in [1.807, 2.05) is 6.92 Å². The Morgan fingerprint density at radius 1 is 1.50 bits per heavy atom. The van der Waals surface area contributed by atoms with E-state index in [9.17, 15) is 9.18 Å². The summed E-state index contributed by atoms with van der Waals surface area (Å²) in [6, 6.07) is 4.56. The van der Waals surface area contributed by atoms with Gasteiger partial charge in [-0.25, -0.2) is 4.39 Å². The molecule has 1 aliphatic rings. The zero-order chi connectivity index (χ0) is 12.4. The average molecular weight is 338 g/mol. The van der Waals surface area contributed by atoms with E-state index in [0.717, 1.165) is 6.54 Å². The van der Waals surface area contributed by atoms with Gasteiger partial charge in [0.15, 0.2) is 0 Å². The summed E-state index contributed by atoms with van der Waals surface area (Å²) >= 11 is 3.19. The molecule has 0 spiro atoms. The van der Waals surface area contributed by atoms with Crippen molar-refractivity contribution >= 4 is 34.2 Å². The standard InChI is InChI=1S/C12H14BrFN2O.ClH/c1-8-7-16(3-2-15-8)12(17)9-4-10(13)6-11(14)5-9;/h4-6,8,15H,2-3,7H2,1H3;1H/t8-;/m0./s1. The lowest BCUT2D eigenvalue weighted by Crippen LogP contribution is -2.51. The van der Waals surface area contributed by atoms with Crippen LogP contribution in [-0.2, 0) is 0 Å².